The van der Waals surface area contributed by atoms with Crippen LogP contribution in [0.1, 0.15) is 6.92 Å². The van der Waals surface area contributed by atoms with Crippen molar-refractivity contribution >= 4 is 11.6 Å². The molecular formula is C9H10ClFO2. The summed E-state index contributed by atoms with van der Waals surface area (Å²) >= 11 is 5.51. The van der Waals surface area contributed by atoms with E-state index in [0.717, 1.165) is 0 Å². The molecule has 0 aliphatic carbocycles. The standard InChI is InChI=1S/C9H10ClFO2/c1-6(12)5-13-8-4-2-3-7(10)9(8)11/h2-4,6,12H,5H2,1H3. The van der Waals surface area contributed by atoms with Gasteiger partial charge in [-0.05, 0) is 19.1 Å². The first-order chi connectivity index (χ1) is 6.11. The van der Waals surface area contributed by atoms with Gasteiger partial charge in [-0.1, -0.05) is 17.7 Å². The van der Waals surface area contributed by atoms with Crippen LogP contribution < -0.4 is 4.74 Å². The monoisotopic (exact) mass is 204 g/mol. The average Bonchev–Trinajstić information content (AvgIpc) is 2.07. The Labute approximate surface area is 80.9 Å². The molecule has 0 radical (unpaired) electrons. The summed E-state index contributed by atoms with van der Waals surface area (Å²) in [6.07, 6.45) is -0.626. The Bertz CT molecular complexity index is 289. The summed E-state index contributed by atoms with van der Waals surface area (Å²) in [5.41, 5.74) is 0. The molecule has 4 heteroatoms. The van der Waals surface area contributed by atoms with Crippen LogP contribution in [0.3, 0.4) is 0 Å². The van der Waals surface area contributed by atoms with Gasteiger partial charge in [0.05, 0.1) is 11.1 Å². The summed E-state index contributed by atoms with van der Waals surface area (Å²) in [5.74, 6) is -0.529. The van der Waals surface area contributed by atoms with Gasteiger partial charge in [0.2, 0.25) is 0 Å². The quantitative estimate of drug-likeness (QED) is 0.818. The van der Waals surface area contributed by atoms with Crippen LogP contribution in [-0.4, -0.2) is 17.8 Å². The zero-order valence-corrected chi connectivity index (χ0v) is 7.88. The van der Waals surface area contributed by atoms with E-state index >= 15 is 0 Å². The molecule has 1 rings (SSSR count). The van der Waals surface area contributed by atoms with Gasteiger partial charge in [0.25, 0.3) is 0 Å². The lowest BCUT2D eigenvalue weighted by Gasteiger charge is -2.08. The van der Waals surface area contributed by atoms with E-state index in [2.05, 4.69) is 0 Å². The molecule has 0 heterocycles. The van der Waals surface area contributed by atoms with E-state index in [1.165, 1.54) is 12.1 Å². The number of aliphatic hydroxyl groups is 1. The van der Waals surface area contributed by atoms with Crippen molar-refractivity contribution in [2.75, 3.05) is 6.61 Å². The van der Waals surface area contributed by atoms with Gasteiger partial charge in [-0.25, -0.2) is 4.39 Å². The largest absolute Gasteiger partial charge is 0.488 e. The summed E-state index contributed by atoms with van der Waals surface area (Å²) in [7, 11) is 0. The minimum atomic E-state index is -0.626. The highest BCUT2D eigenvalue weighted by Crippen LogP contribution is 2.23. The van der Waals surface area contributed by atoms with Crippen LogP contribution in [0.2, 0.25) is 5.02 Å². The number of rotatable bonds is 3. The minimum Gasteiger partial charge on any atom is -0.488 e. The van der Waals surface area contributed by atoms with Crippen molar-refractivity contribution < 1.29 is 14.2 Å². The Morgan fingerprint density at radius 3 is 2.92 bits per heavy atom. The van der Waals surface area contributed by atoms with Gasteiger partial charge in [0.1, 0.15) is 6.61 Å². The molecule has 0 bridgehead atoms. The molecule has 0 amide bonds. The van der Waals surface area contributed by atoms with Crippen molar-refractivity contribution in [1.29, 1.82) is 0 Å². The highest BCUT2D eigenvalue weighted by atomic mass is 35.5. The van der Waals surface area contributed by atoms with Gasteiger partial charge in [-0.3, -0.25) is 0 Å². The third kappa shape index (κ3) is 2.86. The summed E-state index contributed by atoms with van der Waals surface area (Å²) in [5, 5.41) is 8.91. The zero-order chi connectivity index (χ0) is 9.84. The second kappa shape index (κ2) is 4.44. The van der Waals surface area contributed by atoms with Crippen LogP contribution >= 0.6 is 11.6 Å². The van der Waals surface area contributed by atoms with E-state index in [0.29, 0.717) is 0 Å². The van der Waals surface area contributed by atoms with Crippen LogP contribution in [0.5, 0.6) is 5.75 Å². The molecule has 0 saturated heterocycles. The maximum absolute atomic E-state index is 13.1. The van der Waals surface area contributed by atoms with Gasteiger partial charge in [0, 0.05) is 0 Å². The van der Waals surface area contributed by atoms with Crippen molar-refractivity contribution in [3.8, 4) is 5.75 Å². The number of hydrogen-bond donors (Lipinski definition) is 1. The number of halogens is 2. The van der Waals surface area contributed by atoms with Gasteiger partial charge < -0.3 is 9.84 Å². The van der Waals surface area contributed by atoms with Gasteiger partial charge in [-0.2, -0.15) is 0 Å². The van der Waals surface area contributed by atoms with Crippen molar-refractivity contribution in [1.82, 2.24) is 0 Å². The van der Waals surface area contributed by atoms with Crippen molar-refractivity contribution in [3.05, 3.63) is 29.0 Å². The molecule has 13 heavy (non-hydrogen) atoms. The van der Waals surface area contributed by atoms with E-state index in [1.54, 1.807) is 13.0 Å². The second-order valence-electron chi connectivity index (χ2n) is 2.71. The third-order valence-electron chi connectivity index (χ3n) is 1.40. The molecule has 2 nitrogen and oxygen atoms in total. The fraction of sp³-hybridized carbons (Fsp3) is 0.333. The van der Waals surface area contributed by atoms with Crippen LogP contribution in [-0.2, 0) is 0 Å². The van der Waals surface area contributed by atoms with E-state index in [-0.39, 0.29) is 17.4 Å². The Hall–Kier alpha value is -0.800. The fourth-order valence-corrected chi connectivity index (χ4v) is 0.972. The lowest BCUT2D eigenvalue weighted by atomic mass is 10.3. The molecule has 1 aromatic rings. The maximum atomic E-state index is 13.1. The lowest BCUT2D eigenvalue weighted by Crippen LogP contribution is -2.13. The number of aliphatic hydroxyl groups excluding tert-OH is 1. The molecule has 1 unspecified atom stereocenters. The number of ether oxygens (including phenoxy) is 1. The Morgan fingerprint density at radius 1 is 1.62 bits per heavy atom. The first-order valence-electron chi connectivity index (χ1n) is 3.86. The van der Waals surface area contributed by atoms with Crippen molar-refractivity contribution in [2.45, 2.75) is 13.0 Å². The normalized spacial score (nSPS) is 12.6. The topological polar surface area (TPSA) is 29.5 Å². The highest BCUT2D eigenvalue weighted by Gasteiger charge is 2.07. The summed E-state index contributed by atoms with van der Waals surface area (Å²) in [6, 6.07) is 4.48. The first-order valence-corrected chi connectivity index (χ1v) is 4.24. The van der Waals surface area contributed by atoms with Crippen molar-refractivity contribution in [3.63, 3.8) is 0 Å². The smallest absolute Gasteiger partial charge is 0.183 e. The Morgan fingerprint density at radius 2 is 2.31 bits per heavy atom. The molecule has 72 valence electrons. The predicted molar refractivity (Wildman–Crippen MR) is 48.6 cm³/mol. The number of hydrogen-bond acceptors (Lipinski definition) is 2. The lowest BCUT2D eigenvalue weighted by molar-refractivity contribution is 0.120. The zero-order valence-electron chi connectivity index (χ0n) is 7.13. The van der Waals surface area contributed by atoms with E-state index in [9.17, 15) is 4.39 Å². The average molecular weight is 205 g/mol. The molecule has 1 N–H and O–H groups in total. The van der Waals surface area contributed by atoms with Crippen LogP contribution in [0.4, 0.5) is 4.39 Å². The molecular weight excluding hydrogens is 195 g/mol. The number of benzene rings is 1. The molecule has 0 aliphatic heterocycles. The summed E-state index contributed by atoms with van der Waals surface area (Å²) < 4.78 is 18.1. The SMILES string of the molecule is CC(O)COc1cccc(Cl)c1F. The molecule has 0 saturated carbocycles. The predicted octanol–water partition coefficient (Wildman–Crippen LogP) is 2.24. The molecule has 1 atom stereocenters. The minimum absolute atomic E-state index is 0.0168. The second-order valence-corrected chi connectivity index (χ2v) is 3.12. The molecule has 0 fully saturated rings. The van der Waals surface area contributed by atoms with E-state index in [4.69, 9.17) is 21.4 Å². The molecule has 0 aromatic heterocycles. The van der Waals surface area contributed by atoms with Gasteiger partial charge in [0.15, 0.2) is 11.6 Å². The van der Waals surface area contributed by atoms with E-state index < -0.39 is 11.9 Å². The fourth-order valence-electron chi connectivity index (χ4n) is 0.806. The van der Waals surface area contributed by atoms with Crippen LogP contribution in [0.15, 0.2) is 18.2 Å². The molecule has 0 spiro atoms. The van der Waals surface area contributed by atoms with Crippen molar-refractivity contribution in [2.24, 2.45) is 0 Å². The van der Waals surface area contributed by atoms with Gasteiger partial charge >= 0.3 is 0 Å². The first kappa shape index (κ1) is 10.3. The Balaban J connectivity index is 2.71. The maximum Gasteiger partial charge on any atom is 0.183 e. The highest BCUT2D eigenvalue weighted by molar-refractivity contribution is 6.30. The summed E-state index contributed by atoms with van der Waals surface area (Å²) in [4.78, 5) is 0. The van der Waals surface area contributed by atoms with Gasteiger partial charge in [-0.15, -0.1) is 0 Å². The summed E-state index contributed by atoms with van der Waals surface area (Å²) in [6.45, 7) is 1.61. The molecule has 1 aromatic carbocycles. The molecule has 0 aliphatic rings. The Kier molecular flexibility index (Phi) is 3.51. The van der Waals surface area contributed by atoms with Crippen LogP contribution in [0.25, 0.3) is 0 Å². The third-order valence-corrected chi connectivity index (χ3v) is 1.69. The van der Waals surface area contributed by atoms with E-state index in [1.807, 2.05) is 0 Å². The van der Waals surface area contributed by atoms with Crippen LogP contribution in [0, 0.1) is 5.82 Å².